The van der Waals surface area contributed by atoms with E-state index in [-0.39, 0.29) is 11.4 Å². The summed E-state index contributed by atoms with van der Waals surface area (Å²) in [6.07, 6.45) is 1.23. The van der Waals surface area contributed by atoms with Crippen LogP contribution in [-0.4, -0.2) is 4.98 Å². The summed E-state index contributed by atoms with van der Waals surface area (Å²) in [6.45, 7) is 0. The number of hydrogen-bond donors (Lipinski definition) is 0. The Labute approximate surface area is 90.3 Å². The molecule has 0 aliphatic carbocycles. The molecule has 1 heterocycles. The van der Waals surface area contributed by atoms with Crippen LogP contribution in [0.25, 0.3) is 11.1 Å². The van der Waals surface area contributed by atoms with Gasteiger partial charge in [0.05, 0.1) is 5.02 Å². The SMILES string of the molecule is Fc1ccc(-c2cc(Cl)cnc2F)cc1. The van der Waals surface area contributed by atoms with Crippen LogP contribution in [0.1, 0.15) is 0 Å². The van der Waals surface area contributed by atoms with Gasteiger partial charge in [-0.05, 0) is 23.8 Å². The lowest BCUT2D eigenvalue weighted by molar-refractivity contribution is 0.587. The lowest BCUT2D eigenvalue weighted by Gasteiger charge is -2.02. The second kappa shape index (κ2) is 3.95. The minimum Gasteiger partial charge on any atom is -0.226 e. The van der Waals surface area contributed by atoms with Crippen LogP contribution in [0.5, 0.6) is 0 Å². The Hall–Kier alpha value is -1.48. The van der Waals surface area contributed by atoms with Gasteiger partial charge in [-0.3, -0.25) is 0 Å². The van der Waals surface area contributed by atoms with E-state index in [0.29, 0.717) is 10.6 Å². The first kappa shape index (κ1) is 10.1. The number of hydrogen-bond acceptors (Lipinski definition) is 1. The summed E-state index contributed by atoms with van der Waals surface area (Å²) in [6, 6.07) is 6.93. The molecule has 1 aromatic heterocycles. The number of nitrogens with zero attached hydrogens (tertiary/aromatic N) is 1. The highest BCUT2D eigenvalue weighted by Crippen LogP contribution is 2.24. The van der Waals surface area contributed by atoms with Crippen molar-refractivity contribution in [2.75, 3.05) is 0 Å². The first-order valence-electron chi connectivity index (χ1n) is 4.24. The van der Waals surface area contributed by atoms with Gasteiger partial charge in [0.1, 0.15) is 5.82 Å². The van der Waals surface area contributed by atoms with Crippen molar-refractivity contribution < 1.29 is 8.78 Å². The number of aromatic nitrogens is 1. The quantitative estimate of drug-likeness (QED) is 0.675. The highest BCUT2D eigenvalue weighted by atomic mass is 35.5. The fourth-order valence-corrected chi connectivity index (χ4v) is 1.41. The molecule has 2 aromatic rings. The molecule has 2 rings (SSSR count). The van der Waals surface area contributed by atoms with E-state index < -0.39 is 5.95 Å². The summed E-state index contributed by atoms with van der Waals surface area (Å²) in [5, 5.41) is 0.343. The lowest BCUT2D eigenvalue weighted by Crippen LogP contribution is -1.88. The Morgan fingerprint density at radius 3 is 2.40 bits per heavy atom. The van der Waals surface area contributed by atoms with Crippen molar-refractivity contribution in [3.63, 3.8) is 0 Å². The summed E-state index contributed by atoms with van der Waals surface area (Å²) < 4.78 is 25.9. The minimum absolute atomic E-state index is 0.266. The molecule has 0 aliphatic rings. The lowest BCUT2D eigenvalue weighted by atomic mass is 10.1. The van der Waals surface area contributed by atoms with E-state index in [2.05, 4.69) is 4.98 Å². The van der Waals surface area contributed by atoms with Gasteiger partial charge in [-0.1, -0.05) is 23.7 Å². The smallest absolute Gasteiger partial charge is 0.220 e. The molecular weight excluding hydrogens is 220 g/mol. The fourth-order valence-electron chi connectivity index (χ4n) is 1.25. The summed E-state index contributed by atoms with van der Waals surface area (Å²) in [7, 11) is 0. The highest BCUT2D eigenvalue weighted by molar-refractivity contribution is 6.30. The molecule has 0 aliphatic heterocycles. The first-order valence-corrected chi connectivity index (χ1v) is 4.61. The molecule has 1 nitrogen and oxygen atoms in total. The van der Waals surface area contributed by atoms with Crippen LogP contribution in [0, 0.1) is 11.8 Å². The van der Waals surface area contributed by atoms with Crippen molar-refractivity contribution >= 4 is 11.6 Å². The molecule has 0 atom stereocenters. The van der Waals surface area contributed by atoms with Crippen molar-refractivity contribution in [2.45, 2.75) is 0 Å². The Morgan fingerprint density at radius 1 is 1.07 bits per heavy atom. The average molecular weight is 226 g/mol. The predicted molar refractivity (Wildman–Crippen MR) is 54.6 cm³/mol. The van der Waals surface area contributed by atoms with E-state index >= 15 is 0 Å². The predicted octanol–water partition coefficient (Wildman–Crippen LogP) is 3.68. The molecule has 76 valence electrons. The van der Waals surface area contributed by atoms with Crippen LogP contribution in [0.2, 0.25) is 5.02 Å². The zero-order chi connectivity index (χ0) is 10.8. The molecule has 0 saturated carbocycles. The molecule has 0 fully saturated rings. The third-order valence-electron chi connectivity index (χ3n) is 1.96. The number of rotatable bonds is 1. The topological polar surface area (TPSA) is 12.9 Å². The van der Waals surface area contributed by atoms with Gasteiger partial charge in [0.2, 0.25) is 5.95 Å². The molecule has 0 spiro atoms. The number of pyridine rings is 1. The Balaban J connectivity index is 2.53. The molecule has 1 aromatic carbocycles. The number of benzene rings is 1. The van der Waals surface area contributed by atoms with Gasteiger partial charge in [-0.15, -0.1) is 0 Å². The van der Waals surface area contributed by atoms with E-state index in [1.165, 1.54) is 36.5 Å². The van der Waals surface area contributed by atoms with Gasteiger partial charge in [0.15, 0.2) is 0 Å². The average Bonchev–Trinajstić information content (AvgIpc) is 2.23. The molecule has 0 radical (unpaired) electrons. The largest absolute Gasteiger partial charge is 0.226 e. The maximum atomic E-state index is 13.3. The molecule has 4 heteroatoms. The zero-order valence-corrected chi connectivity index (χ0v) is 8.30. The van der Waals surface area contributed by atoms with Crippen molar-refractivity contribution in [1.82, 2.24) is 4.98 Å². The van der Waals surface area contributed by atoms with Gasteiger partial charge in [-0.2, -0.15) is 4.39 Å². The van der Waals surface area contributed by atoms with Crippen LogP contribution in [0.3, 0.4) is 0 Å². The minimum atomic E-state index is -0.619. The Kier molecular flexibility index (Phi) is 2.64. The van der Waals surface area contributed by atoms with Gasteiger partial charge >= 0.3 is 0 Å². The van der Waals surface area contributed by atoms with Crippen LogP contribution < -0.4 is 0 Å². The second-order valence-corrected chi connectivity index (χ2v) is 3.44. The van der Waals surface area contributed by atoms with Gasteiger partial charge in [0.25, 0.3) is 0 Å². The fraction of sp³-hybridized carbons (Fsp3) is 0. The van der Waals surface area contributed by atoms with Crippen molar-refractivity contribution in [2.24, 2.45) is 0 Å². The summed E-state index contributed by atoms with van der Waals surface area (Å²) in [4.78, 5) is 3.49. The van der Waals surface area contributed by atoms with E-state index in [4.69, 9.17) is 11.6 Å². The van der Waals surface area contributed by atoms with Crippen LogP contribution in [-0.2, 0) is 0 Å². The van der Waals surface area contributed by atoms with E-state index in [1.54, 1.807) is 0 Å². The highest BCUT2D eigenvalue weighted by Gasteiger charge is 2.06. The van der Waals surface area contributed by atoms with E-state index in [1.807, 2.05) is 0 Å². The van der Waals surface area contributed by atoms with Crippen molar-refractivity contribution in [3.05, 3.63) is 53.3 Å². The standard InChI is InChI=1S/C11H6ClF2N/c12-8-5-10(11(14)15-6-8)7-1-3-9(13)4-2-7/h1-6H. The van der Waals surface area contributed by atoms with E-state index in [9.17, 15) is 8.78 Å². The monoisotopic (exact) mass is 225 g/mol. The van der Waals surface area contributed by atoms with Crippen LogP contribution in [0.15, 0.2) is 36.5 Å². The zero-order valence-electron chi connectivity index (χ0n) is 7.55. The molecular formula is C11H6ClF2N. The molecule has 0 bridgehead atoms. The summed E-state index contributed by atoms with van der Waals surface area (Å²) >= 11 is 5.69. The first-order chi connectivity index (χ1) is 7.16. The maximum absolute atomic E-state index is 13.3. The summed E-state index contributed by atoms with van der Waals surface area (Å²) in [5.74, 6) is -0.986. The van der Waals surface area contributed by atoms with Crippen molar-refractivity contribution in [3.8, 4) is 11.1 Å². The third-order valence-corrected chi connectivity index (χ3v) is 2.17. The normalized spacial score (nSPS) is 10.3. The number of halogens is 3. The molecule has 0 amide bonds. The molecule has 0 N–H and O–H groups in total. The molecule has 0 saturated heterocycles. The van der Waals surface area contributed by atoms with Crippen LogP contribution >= 0.6 is 11.6 Å². The Morgan fingerprint density at radius 2 is 1.73 bits per heavy atom. The summed E-state index contributed by atoms with van der Waals surface area (Å²) in [5.41, 5.74) is 0.811. The maximum Gasteiger partial charge on any atom is 0.220 e. The van der Waals surface area contributed by atoms with E-state index in [0.717, 1.165) is 0 Å². The van der Waals surface area contributed by atoms with Gasteiger partial charge in [0, 0.05) is 11.8 Å². The van der Waals surface area contributed by atoms with Crippen molar-refractivity contribution in [1.29, 1.82) is 0 Å². The van der Waals surface area contributed by atoms with Crippen LogP contribution in [0.4, 0.5) is 8.78 Å². The van der Waals surface area contributed by atoms with Gasteiger partial charge < -0.3 is 0 Å². The second-order valence-electron chi connectivity index (χ2n) is 3.00. The Bertz CT molecular complexity index is 482. The molecule has 0 unspecified atom stereocenters. The molecule has 15 heavy (non-hydrogen) atoms. The van der Waals surface area contributed by atoms with Gasteiger partial charge in [-0.25, -0.2) is 9.37 Å². The third kappa shape index (κ3) is 2.13.